The number of hydrogen-bond acceptors (Lipinski definition) is 3. The Labute approximate surface area is 131 Å². The van der Waals surface area contributed by atoms with Gasteiger partial charge in [-0.25, -0.2) is 18.8 Å². The summed E-state index contributed by atoms with van der Waals surface area (Å²) in [6, 6.07) is 0. The average Bonchev–Trinajstić information content (AvgIpc) is 3.05. The van der Waals surface area contributed by atoms with E-state index in [0.717, 1.165) is 30.7 Å². The van der Waals surface area contributed by atoms with Crippen molar-refractivity contribution < 1.29 is 13.9 Å². The minimum absolute atomic E-state index is 0.125. The summed E-state index contributed by atoms with van der Waals surface area (Å²) in [4.78, 5) is 8.65. The van der Waals surface area contributed by atoms with E-state index in [1.807, 2.05) is 3.97 Å². The molecule has 2 fully saturated rings. The molecule has 2 saturated carbocycles. The second-order valence-electron chi connectivity index (χ2n) is 6.68. The summed E-state index contributed by atoms with van der Waals surface area (Å²) in [7, 11) is 0. The number of aliphatic hydroxyl groups is 1. The lowest BCUT2D eigenvalue weighted by Crippen LogP contribution is -2.41. The largest absolute Gasteiger partial charge is 0.382 e. The van der Waals surface area contributed by atoms with Crippen molar-refractivity contribution in [1.82, 2.24) is 8.96 Å². The van der Waals surface area contributed by atoms with Crippen LogP contribution in [-0.2, 0) is 0 Å². The zero-order chi connectivity index (χ0) is 15.3. The van der Waals surface area contributed by atoms with Gasteiger partial charge in [0.25, 0.3) is 0 Å². The Bertz CT molecular complexity index is 589. The molecule has 4 rings (SSSR count). The average molecular weight is 329 g/mol. The number of alkyl halides is 2. The minimum Gasteiger partial charge on any atom is -0.382 e. The van der Waals surface area contributed by atoms with Crippen LogP contribution in [0.2, 0.25) is 0 Å². The first-order chi connectivity index (χ1) is 10.6. The van der Waals surface area contributed by atoms with Crippen LogP contribution in [0.25, 0.3) is 0 Å². The van der Waals surface area contributed by atoms with Crippen LogP contribution in [0.1, 0.15) is 44.9 Å². The lowest BCUT2D eigenvalue weighted by molar-refractivity contribution is -0.0902. The second-order valence-corrected chi connectivity index (χ2v) is 8.79. The Morgan fingerprint density at radius 2 is 2.00 bits per heavy atom. The molecular formula is C15H21F2N3OS. The van der Waals surface area contributed by atoms with Gasteiger partial charge in [0.1, 0.15) is 11.8 Å². The third-order valence-electron chi connectivity index (χ3n) is 5.07. The number of imidazole rings is 1. The molecule has 0 amide bonds. The monoisotopic (exact) mass is 329 g/mol. The predicted molar refractivity (Wildman–Crippen MR) is 84.0 cm³/mol. The molecule has 2 unspecified atom stereocenters. The van der Waals surface area contributed by atoms with Crippen LogP contribution < -0.4 is 0 Å². The maximum absolute atomic E-state index is 13.2. The van der Waals surface area contributed by atoms with Crippen molar-refractivity contribution in [2.75, 3.05) is 0 Å². The summed E-state index contributed by atoms with van der Waals surface area (Å²) in [5.41, 5.74) is -0.487. The van der Waals surface area contributed by atoms with Crippen LogP contribution in [0.15, 0.2) is 17.5 Å². The van der Waals surface area contributed by atoms with E-state index < -0.39 is 22.4 Å². The molecule has 7 heteroatoms. The third kappa shape index (κ3) is 2.38. The molecule has 22 heavy (non-hydrogen) atoms. The highest BCUT2D eigenvalue weighted by atomic mass is 32.2. The number of hydrogen-bond donors (Lipinski definition) is 2. The number of fused-ring (bicyclic) bond motifs is 1. The number of halogens is 2. The van der Waals surface area contributed by atoms with E-state index in [0.29, 0.717) is 5.82 Å². The molecule has 1 N–H and O–H groups in total. The summed E-state index contributed by atoms with van der Waals surface area (Å²) in [5, 5.41) is 11.7. The van der Waals surface area contributed by atoms with Gasteiger partial charge in [-0.15, -0.1) is 11.1 Å². The number of rotatable bonds is 3. The molecule has 1 aliphatic heterocycles. The Morgan fingerprint density at radius 1 is 1.27 bits per heavy atom. The van der Waals surface area contributed by atoms with Crippen molar-refractivity contribution in [2.24, 2.45) is 16.8 Å². The van der Waals surface area contributed by atoms with Crippen molar-refractivity contribution in [2.45, 2.75) is 56.3 Å². The van der Waals surface area contributed by atoms with E-state index in [1.165, 1.54) is 6.42 Å². The summed E-state index contributed by atoms with van der Waals surface area (Å²) >= 11 is -1.08. The highest BCUT2D eigenvalue weighted by Crippen LogP contribution is 2.55. The number of nitrogens with zero attached hydrogens (tertiary/aromatic N) is 3. The molecule has 3 aliphatic rings. The number of thiol groups is 1. The van der Waals surface area contributed by atoms with Gasteiger partial charge in [-0.05, 0) is 18.8 Å². The minimum atomic E-state index is -2.56. The van der Waals surface area contributed by atoms with Gasteiger partial charge in [-0.2, -0.15) is 0 Å². The van der Waals surface area contributed by atoms with E-state index in [-0.39, 0.29) is 24.7 Å². The van der Waals surface area contributed by atoms with Gasteiger partial charge in [0.15, 0.2) is 5.82 Å². The van der Waals surface area contributed by atoms with Crippen molar-refractivity contribution in [3.63, 3.8) is 0 Å². The summed E-state index contributed by atoms with van der Waals surface area (Å²) < 4.78 is 28.4. The van der Waals surface area contributed by atoms with Crippen molar-refractivity contribution in [1.29, 1.82) is 0 Å². The van der Waals surface area contributed by atoms with Gasteiger partial charge in [0, 0.05) is 18.8 Å². The van der Waals surface area contributed by atoms with Gasteiger partial charge in [0.2, 0.25) is 5.92 Å². The third-order valence-corrected chi connectivity index (χ3v) is 7.70. The second kappa shape index (κ2) is 5.30. The van der Waals surface area contributed by atoms with E-state index in [9.17, 15) is 13.9 Å². The van der Waals surface area contributed by atoms with Crippen LogP contribution in [0.4, 0.5) is 14.6 Å². The van der Waals surface area contributed by atoms with Crippen LogP contribution in [0, 0.1) is 11.8 Å². The molecule has 2 heterocycles. The first-order valence-corrected chi connectivity index (χ1v) is 9.38. The zero-order valence-electron chi connectivity index (χ0n) is 12.3. The Balaban J connectivity index is 1.59. The maximum Gasteiger partial charge on any atom is 0.249 e. The Hall–Kier alpha value is -0.950. The first-order valence-electron chi connectivity index (χ1n) is 8.01. The zero-order valence-corrected chi connectivity index (χ0v) is 13.2. The molecule has 0 spiro atoms. The number of aliphatic imine (C=N–C) groups is 1. The Morgan fingerprint density at radius 3 is 2.68 bits per heavy atom. The van der Waals surface area contributed by atoms with Crippen LogP contribution >= 0.6 is 11.1 Å². The predicted octanol–water partition coefficient (Wildman–Crippen LogP) is 3.64. The molecule has 4 nitrogen and oxygen atoms in total. The van der Waals surface area contributed by atoms with Gasteiger partial charge in [-0.3, -0.25) is 3.97 Å². The van der Waals surface area contributed by atoms with Crippen LogP contribution in [0.3, 0.4) is 0 Å². The van der Waals surface area contributed by atoms with Gasteiger partial charge < -0.3 is 5.11 Å². The molecule has 0 radical (unpaired) electrons. The normalized spacial score (nSPS) is 31.4. The van der Waals surface area contributed by atoms with E-state index >= 15 is 0 Å². The molecule has 122 valence electrons. The van der Waals surface area contributed by atoms with Gasteiger partial charge >= 0.3 is 0 Å². The van der Waals surface area contributed by atoms with E-state index in [4.69, 9.17) is 0 Å². The van der Waals surface area contributed by atoms with E-state index in [2.05, 4.69) is 9.98 Å². The van der Waals surface area contributed by atoms with Crippen LogP contribution in [-0.4, -0.2) is 30.5 Å². The fourth-order valence-electron chi connectivity index (χ4n) is 3.82. The molecular weight excluding hydrogens is 308 g/mol. The molecule has 1 aromatic rings. The lowest BCUT2D eigenvalue weighted by atomic mass is 9.82. The molecule has 0 aromatic carbocycles. The van der Waals surface area contributed by atoms with Crippen molar-refractivity contribution >= 4 is 21.9 Å². The smallest absolute Gasteiger partial charge is 0.249 e. The van der Waals surface area contributed by atoms with Crippen molar-refractivity contribution in [3.8, 4) is 0 Å². The van der Waals surface area contributed by atoms with Gasteiger partial charge in [0.05, 0.1) is 11.2 Å². The molecule has 0 saturated heterocycles. The standard InChI is InChI=1S/C15H21F2N3OS/c16-15(17)6-11(7-15)13-19-12-8-18-9-20(12)22(13)14(21)10-4-2-1-3-5-10/h8-11,14,21-22H,1-7H2. The number of aliphatic hydroxyl groups excluding tert-OH is 1. The summed E-state index contributed by atoms with van der Waals surface area (Å²) in [6.45, 7) is 0. The Kier molecular flexibility index (Phi) is 3.52. The molecule has 1 aromatic heterocycles. The van der Waals surface area contributed by atoms with Gasteiger partial charge in [-0.1, -0.05) is 19.3 Å². The summed E-state index contributed by atoms with van der Waals surface area (Å²) in [5.74, 6) is -1.76. The van der Waals surface area contributed by atoms with Crippen LogP contribution in [0.5, 0.6) is 0 Å². The first kappa shape index (κ1) is 14.6. The summed E-state index contributed by atoms with van der Waals surface area (Å²) in [6.07, 6.45) is 8.68. The highest BCUT2D eigenvalue weighted by Gasteiger charge is 2.51. The van der Waals surface area contributed by atoms with Crippen molar-refractivity contribution in [3.05, 3.63) is 12.5 Å². The fourth-order valence-corrected chi connectivity index (χ4v) is 6.52. The molecule has 0 bridgehead atoms. The molecule has 2 atom stereocenters. The molecule has 2 aliphatic carbocycles. The highest BCUT2D eigenvalue weighted by molar-refractivity contribution is 8.29. The SMILES string of the molecule is OC(C1CCCCC1)[SH]1C(C2CC(F)(F)C2)=Nc2cncn21. The van der Waals surface area contributed by atoms with E-state index in [1.54, 1.807) is 12.5 Å². The lowest BCUT2D eigenvalue weighted by Gasteiger charge is -2.40. The number of aromatic nitrogens is 2. The fraction of sp³-hybridized carbons (Fsp3) is 0.733. The quantitative estimate of drug-likeness (QED) is 0.832. The maximum atomic E-state index is 13.2. The topological polar surface area (TPSA) is 50.4 Å².